The highest BCUT2D eigenvalue weighted by Gasteiger charge is 2.40. The highest BCUT2D eigenvalue weighted by molar-refractivity contribution is 5.83. The van der Waals surface area contributed by atoms with Gasteiger partial charge in [0.1, 0.15) is 0 Å². The van der Waals surface area contributed by atoms with Crippen molar-refractivity contribution in [2.24, 2.45) is 0 Å². The van der Waals surface area contributed by atoms with Gasteiger partial charge in [-0.25, -0.2) is 0 Å². The van der Waals surface area contributed by atoms with E-state index in [1.807, 2.05) is 7.05 Å². The molecule has 0 spiro atoms. The van der Waals surface area contributed by atoms with Crippen LogP contribution < -0.4 is 5.32 Å². The van der Waals surface area contributed by atoms with E-state index in [1.54, 1.807) is 0 Å². The number of fused-ring (bicyclic) bond motifs is 1. The van der Waals surface area contributed by atoms with Crippen LogP contribution in [-0.2, 0) is 5.41 Å². The molecule has 1 heteroatoms. The lowest BCUT2D eigenvalue weighted by Crippen LogP contribution is -2.24. The smallest absolute Gasteiger partial charge is 0.0432 e. The van der Waals surface area contributed by atoms with E-state index < -0.39 is 0 Å². The summed E-state index contributed by atoms with van der Waals surface area (Å²) in [4.78, 5) is 0. The van der Waals surface area contributed by atoms with E-state index in [-0.39, 0.29) is 5.41 Å². The summed E-state index contributed by atoms with van der Waals surface area (Å²) in [5.41, 5.74) is 7.94. The Balaban J connectivity index is 2.30. The van der Waals surface area contributed by atoms with Crippen LogP contribution in [0.15, 0.2) is 71.9 Å². The van der Waals surface area contributed by atoms with Gasteiger partial charge in [-0.05, 0) is 54.7 Å². The topological polar surface area (TPSA) is 12.0 Å². The molecule has 1 N–H and O–H groups in total. The normalized spacial score (nSPS) is 21.0. The van der Waals surface area contributed by atoms with Crippen molar-refractivity contribution >= 4 is 5.57 Å². The van der Waals surface area contributed by atoms with E-state index >= 15 is 0 Å². The first-order chi connectivity index (χ1) is 10.6. The average Bonchev–Trinajstić information content (AvgIpc) is 2.79. The maximum atomic E-state index is 3.26. The van der Waals surface area contributed by atoms with Crippen molar-refractivity contribution in [3.63, 3.8) is 0 Å². The molecule has 22 heavy (non-hydrogen) atoms. The molecule has 3 rings (SSSR count). The summed E-state index contributed by atoms with van der Waals surface area (Å²) in [5, 5.41) is 3.26. The van der Waals surface area contributed by atoms with Crippen molar-refractivity contribution in [1.29, 1.82) is 0 Å². The number of rotatable bonds is 3. The number of nitrogens with one attached hydrogen (secondary N) is 1. The van der Waals surface area contributed by atoms with Crippen LogP contribution in [0.1, 0.15) is 37.5 Å². The lowest BCUT2D eigenvalue weighted by atomic mass is 9.73. The Morgan fingerprint density at radius 3 is 2.32 bits per heavy atom. The van der Waals surface area contributed by atoms with Gasteiger partial charge in [0, 0.05) is 18.2 Å². The molecule has 1 unspecified atom stereocenters. The van der Waals surface area contributed by atoms with E-state index in [4.69, 9.17) is 0 Å². The Bertz CT molecular complexity index is 752. The number of hydrogen-bond donors (Lipinski definition) is 1. The SMILES string of the molecule is CN/C(C)=C/C1=C(C)c2ccccc2C1(C)c1ccccc1. The summed E-state index contributed by atoms with van der Waals surface area (Å²) in [6, 6.07) is 19.6. The van der Waals surface area contributed by atoms with Gasteiger partial charge in [-0.1, -0.05) is 54.6 Å². The molecule has 0 saturated carbocycles. The van der Waals surface area contributed by atoms with Gasteiger partial charge in [-0.3, -0.25) is 0 Å². The molecule has 0 aliphatic heterocycles. The Labute approximate surface area is 133 Å². The first-order valence-electron chi connectivity index (χ1n) is 7.82. The van der Waals surface area contributed by atoms with Gasteiger partial charge >= 0.3 is 0 Å². The van der Waals surface area contributed by atoms with Crippen LogP contribution in [0.5, 0.6) is 0 Å². The minimum Gasteiger partial charge on any atom is -0.392 e. The van der Waals surface area contributed by atoms with Crippen molar-refractivity contribution in [3.8, 4) is 0 Å². The standard InChI is InChI=1S/C21H23N/c1-15(22-4)14-20-16(2)18-12-8-9-13-19(18)21(20,3)17-10-6-5-7-11-17/h5-14,22H,1-4H3/b15-14+. The predicted molar refractivity (Wildman–Crippen MR) is 94.7 cm³/mol. The lowest BCUT2D eigenvalue weighted by molar-refractivity contribution is 0.704. The quantitative estimate of drug-likeness (QED) is 0.847. The summed E-state index contributed by atoms with van der Waals surface area (Å²) in [5.74, 6) is 0. The van der Waals surface area contributed by atoms with Gasteiger partial charge < -0.3 is 5.32 Å². The van der Waals surface area contributed by atoms with Crippen molar-refractivity contribution in [2.45, 2.75) is 26.2 Å². The van der Waals surface area contributed by atoms with Crippen LogP contribution in [0.4, 0.5) is 0 Å². The van der Waals surface area contributed by atoms with E-state index in [0.29, 0.717) is 0 Å². The molecule has 0 radical (unpaired) electrons. The second-order valence-corrected chi connectivity index (χ2v) is 6.15. The van der Waals surface area contributed by atoms with Crippen LogP contribution in [0.2, 0.25) is 0 Å². The van der Waals surface area contributed by atoms with Gasteiger partial charge in [-0.2, -0.15) is 0 Å². The maximum absolute atomic E-state index is 3.26. The molecular weight excluding hydrogens is 266 g/mol. The molecule has 0 fully saturated rings. The summed E-state index contributed by atoms with van der Waals surface area (Å²) < 4.78 is 0. The Kier molecular flexibility index (Phi) is 3.66. The molecule has 1 aliphatic carbocycles. The van der Waals surface area contributed by atoms with Gasteiger partial charge in [0.2, 0.25) is 0 Å². The minimum atomic E-state index is -0.0972. The van der Waals surface area contributed by atoms with Gasteiger partial charge in [0.25, 0.3) is 0 Å². The van der Waals surface area contributed by atoms with Gasteiger partial charge in [0.15, 0.2) is 0 Å². The molecule has 112 valence electrons. The fraction of sp³-hybridized carbons (Fsp3) is 0.238. The average molecular weight is 289 g/mol. The van der Waals surface area contributed by atoms with E-state index in [9.17, 15) is 0 Å². The molecule has 1 atom stereocenters. The highest BCUT2D eigenvalue weighted by atomic mass is 14.8. The Morgan fingerprint density at radius 2 is 1.64 bits per heavy atom. The van der Waals surface area contributed by atoms with Crippen LogP contribution in [0.3, 0.4) is 0 Å². The fourth-order valence-corrected chi connectivity index (χ4v) is 3.54. The van der Waals surface area contributed by atoms with Crippen LogP contribution in [0, 0.1) is 0 Å². The highest BCUT2D eigenvalue weighted by Crippen LogP contribution is 2.50. The van der Waals surface area contributed by atoms with Crippen LogP contribution in [-0.4, -0.2) is 7.05 Å². The fourth-order valence-electron chi connectivity index (χ4n) is 3.54. The largest absolute Gasteiger partial charge is 0.392 e. The molecule has 0 heterocycles. The molecule has 0 aromatic heterocycles. The van der Waals surface area contributed by atoms with Crippen LogP contribution in [0.25, 0.3) is 5.57 Å². The zero-order chi connectivity index (χ0) is 15.7. The van der Waals surface area contributed by atoms with Gasteiger partial charge in [0.05, 0.1) is 0 Å². The Hall–Kier alpha value is -2.28. The first-order valence-corrected chi connectivity index (χ1v) is 7.82. The summed E-state index contributed by atoms with van der Waals surface area (Å²) >= 11 is 0. The number of allylic oxidation sites excluding steroid dienone is 4. The maximum Gasteiger partial charge on any atom is 0.0432 e. The molecular formula is C21H23N. The van der Waals surface area contributed by atoms with E-state index in [0.717, 1.165) is 0 Å². The summed E-state index contributed by atoms with van der Waals surface area (Å²) in [6.07, 6.45) is 2.29. The molecule has 1 nitrogen and oxygen atoms in total. The van der Waals surface area contributed by atoms with Crippen molar-refractivity contribution in [3.05, 3.63) is 88.6 Å². The van der Waals surface area contributed by atoms with Gasteiger partial charge in [-0.15, -0.1) is 0 Å². The minimum absolute atomic E-state index is 0.0972. The van der Waals surface area contributed by atoms with E-state index in [1.165, 1.54) is 33.5 Å². The molecule has 1 aliphatic rings. The number of hydrogen-bond acceptors (Lipinski definition) is 1. The molecule has 0 saturated heterocycles. The first kappa shape index (κ1) is 14.6. The third-order valence-corrected chi connectivity index (χ3v) is 4.92. The Morgan fingerprint density at radius 1 is 1.00 bits per heavy atom. The van der Waals surface area contributed by atoms with Crippen molar-refractivity contribution < 1.29 is 0 Å². The zero-order valence-electron chi connectivity index (χ0n) is 13.8. The number of benzene rings is 2. The van der Waals surface area contributed by atoms with Crippen molar-refractivity contribution in [1.82, 2.24) is 5.32 Å². The predicted octanol–water partition coefficient (Wildman–Crippen LogP) is 4.90. The second-order valence-electron chi connectivity index (χ2n) is 6.15. The third-order valence-electron chi connectivity index (χ3n) is 4.92. The molecule has 0 amide bonds. The third kappa shape index (κ3) is 2.09. The lowest BCUT2D eigenvalue weighted by Gasteiger charge is -2.30. The molecule has 2 aromatic carbocycles. The second kappa shape index (κ2) is 5.49. The summed E-state index contributed by atoms with van der Waals surface area (Å²) in [7, 11) is 1.98. The zero-order valence-corrected chi connectivity index (χ0v) is 13.8. The van der Waals surface area contributed by atoms with Crippen molar-refractivity contribution in [2.75, 3.05) is 7.05 Å². The van der Waals surface area contributed by atoms with E-state index in [2.05, 4.69) is 86.8 Å². The molecule has 0 bridgehead atoms. The monoisotopic (exact) mass is 289 g/mol. The summed E-state index contributed by atoms with van der Waals surface area (Å²) in [6.45, 7) is 6.70. The van der Waals surface area contributed by atoms with Crippen LogP contribution >= 0.6 is 0 Å². The molecule has 2 aromatic rings.